The maximum absolute atomic E-state index is 13.5. The highest BCUT2D eigenvalue weighted by Gasteiger charge is 2.46. The first-order valence-corrected chi connectivity index (χ1v) is 7.77. The zero-order chi connectivity index (χ0) is 14.4. The number of benzene rings is 1. The van der Waals surface area contributed by atoms with Gasteiger partial charge in [-0.05, 0) is 18.6 Å². The zero-order valence-corrected chi connectivity index (χ0v) is 12.4. The predicted octanol–water partition coefficient (Wildman–Crippen LogP) is 2.28. The Bertz CT molecular complexity index is 615. The smallest absolute Gasteiger partial charge is 0.244 e. The maximum atomic E-state index is 13.5. The van der Waals surface area contributed by atoms with Crippen molar-refractivity contribution in [3.63, 3.8) is 0 Å². The van der Waals surface area contributed by atoms with E-state index in [-0.39, 0.29) is 23.0 Å². The van der Waals surface area contributed by atoms with Crippen molar-refractivity contribution in [2.75, 3.05) is 13.1 Å². The van der Waals surface area contributed by atoms with Crippen LogP contribution in [0.3, 0.4) is 0 Å². The molecule has 1 heterocycles. The van der Waals surface area contributed by atoms with E-state index in [4.69, 9.17) is 23.2 Å². The minimum atomic E-state index is -3.91. The van der Waals surface area contributed by atoms with Crippen LogP contribution in [-0.4, -0.2) is 36.5 Å². The number of hydrogen-bond donors (Lipinski definition) is 1. The summed E-state index contributed by atoms with van der Waals surface area (Å²) in [6.07, 6.45) is 0.446. The number of aliphatic hydroxyl groups is 1. The van der Waals surface area contributed by atoms with Gasteiger partial charge in [0, 0.05) is 13.1 Å². The molecule has 1 aromatic rings. The average Bonchev–Trinajstić information content (AvgIpc) is 2.31. The van der Waals surface area contributed by atoms with Crippen LogP contribution < -0.4 is 0 Å². The van der Waals surface area contributed by atoms with E-state index in [1.54, 1.807) is 6.92 Å². The predicted molar refractivity (Wildman–Crippen MR) is 70.4 cm³/mol. The lowest BCUT2D eigenvalue weighted by atomic mass is 9.94. The van der Waals surface area contributed by atoms with E-state index >= 15 is 0 Å². The van der Waals surface area contributed by atoms with Gasteiger partial charge in [0.2, 0.25) is 10.0 Å². The molecule has 0 aliphatic carbocycles. The standard InChI is InChI=1S/C11H12Cl2FNO3S/c1-2-11(16)5-15(6-11)19(17,18)8-4-3-7(12)10(14)9(8)13/h3-4,16H,2,5-6H2,1H3. The monoisotopic (exact) mass is 327 g/mol. The fourth-order valence-corrected chi connectivity index (χ4v) is 4.17. The van der Waals surface area contributed by atoms with Gasteiger partial charge in [-0.3, -0.25) is 0 Å². The van der Waals surface area contributed by atoms with Crippen LogP contribution in [-0.2, 0) is 10.0 Å². The summed E-state index contributed by atoms with van der Waals surface area (Å²) in [6.45, 7) is 1.72. The van der Waals surface area contributed by atoms with Crippen LogP contribution in [0.1, 0.15) is 13.3 Å². The van der Waals surface area contributed by atoms with Gasteiger partial charge >= 0.3 is 0 Å². The molecule has 1 fully saturated rings. The number of β-amino-alcohol motifs (C(OH)–C–C–N with tert-alkyl or cyclic N) is 1. The molecule has 1 aliphatic heterocycles. The Morgan fingerprint density at radius 3 is 2.53 bits per heavy atom. The van der Waals surface area contributed by atoms with Crippen LogP contribution in [0.15, 0.2) is 17.0 Å². The highest BCUT2D eigenvalue weighted by Crippen LogP contribution is 2.35. The first-order valence-electron chi connectivity index (χ1n) is 5.57. The lowest BCUT2D eigenvalue weighted by molar-refractivity contribution is -0.0613. The minimum Gasteiger partial charge on any atom is -0.387 e. The van der Waals surface area contributed by atoms with Crippen molar-refractivity contribution in [2.24, 2.45) is 0 Å². The first-order chi connectivity index (χ1) is 8.71. The topological polar surface area (TPSA) is 57.6 Å². The zero-order valence-electron chi connectivity index (χ0n) is 10.0. The van der Waals surface area contributed by atoms with Gasteiger partial charge in [-0.1, -0.05) is 30.1 Å². The third-order valence-corrected chi connectivity index (χ3v) is 5.82. The van der Waals surface area contributed by atoms with Crippen molar-refractivity contribution < 1.29 is 17.9 Å². The van der Waals surface area contributed by atoms with Gasteiger partial charge in [0.25, 0.3) is 0 Å². The highest BCUT2D eigenvalue weighted by molar-refractivity contribution is 7.89. The molecular weight excluding hydrogens is 316 g/mol. The van der Waals surface area contributed by atoms with Gasteiger partial charge in [-0.25, -0.2) is 12.8 Å². The molecule has 19 heavy (non-hydrogen) atoms. The van der Waals surface area contributed by atoms with Gasteiger partial charge in [-0.2, -0.15) is 4.31 Å². The quantitative estimate of drug-likeness (QED) is 0.866. The summed E-state index contributed by atoms with van der Waals surface area (Å²) in [5.74, 6) is -0.962. The van der Waals surface area contributed by atoms with E-state index in [1.165, 1.54) is 0 Å². The second-order valence-electron chi connectivity index (χ2n) is 4.52. The number of halogens is 3. The molecule has 0 aromatic heterocycles. The lowest BCUT2D eigenvalue weighted by Crippen LogP contribution is -2.62. The number of hydrogen-bond acceptors (Lipinski definition) is 3. The van der Waals surface area contributed by atoms with Crippen molar-refractivity contribution in [1.82, 2.24) is 4.31 Å². The summed E-state index contributed by atoms with van der Waals surface area (Å²) < 4.78 is 39.0. The Hall–Kier alpha value is -0.400. The Kier molecular flexibility index (Phi) is 3.83. The molecule has 1 saturated heterocycles. The largest absolute Gasteiger partial charge is 0.387 e. The van der Waals surface area contributed by atoms with Gasteiger partial charge in [0.05, 0.1) is 15.6 Å². The van der Waals surface area contributed by atoms with Crippen LogP contribution in [0.2, 0.25) is 10.0 Å². The molecule has 8 heteroatoms. The van der Waals surface area contributed by atoms with Crippen LogP contribution in [0.4, 0.5) is 4.39 Å². The summed E-state index contributed by atoms with van der Waals surface area (Å²) in [4.78, 5) is -0.339. The first kappa shape index (κ1) is 15.0. The van der Waals surface area contributed by atoms with E-state index in [9.17, 15) is 17.9 Å². The number of nitrogens with zero attached hydrogens (tertiary/aromatic N) is 1. The van der Waals surface area contributed by atoms with Gasteiger partial charge < -0.3 is 5.11 Å². The molecule has 1 N–H and O–H groups in total. The van der Waals surface area contributed by atoms with Crippen LogP contribution in [0, 0.1) is 5.82 Å². The summed E-state index contributed by atoms with van der Waals surface area (Å²) in [5.41, 5.74) is -1.01. The molecule has 0 bridgehead atoms. The van der Waals surface area contributed by atoms with Crippen molar-refractivity contribution in [3.05, 3.63) is 28.0 Å². The van der Waals surface area contributed by atoms with E-state index in [2.05, 4.69) is 0 Å². The summed E-state index contributed by atoms with van der Waals surface area (Å²) in [5, 5.41) is 9.07. The minimum absolute atomic E-state index is 0.0214. The van der Waals surface area contributed by atoms with Crippen molar-refractivity contribution in [3.8, 4) is 0 Å². The molecule has 0 amide bonds. The molecule has 0 radical (unpaired) electrons. The second kappa shape index (κ2) is 4.86. The summed E-state index contributed by atoms with van der Waals surface area (Å²) >= 11 is 11.2. The fraction of sp³-hybridized carbons (Fsp3) is 0.455. The Balaban J connectivity index is 2.35. The molecule has 0 saturated carbocycles. The molecule has 1 aromatic carbocycles. The van der Waals surface area contributed by atoms with Gasteiger partial charge in [0.1, 0.15) is 4.90 Å². The molecule has 0 atom stereocenters. The van der Waals surface area contributed by atoms with E-state index < -0.39 is 26.5 Å². The van der Waals surface area contributed by atoms with E-state index in [0.29, 0.717) is 6.42 Å². The highest BCUT2D eigenvalue weighted by atomic mass is 35.5. The Morgan fingerprint density at radius 2 is 2.00 bits per heavy atom. The molecule has 0 unspecified atom stereocenters. The van der Waals surface area contributed by atoms with Crippen molar-refractivity contribution in [2.45, 2.75) is 23.8 Å². The Morgan fingerprint density at radius 1 is 1.42 bits per heavy atom. The molecule has 1 aliphatic rings. The molecule has 0 spiro atoms. The fourth-order valence-electron chi connectivity index (χ4n) is 1.85. The van der Waals surface area contributed by atoms with Crippen LogP contribution in [0.5, 0.6) is 0 Å². The SMILES string of the molecule is CCC1(O)CN(S(=O)(=O)c2ccc(Cl)c(F)c2Cl)C1. The lowest BCUT2D eigenvalue weighted by Gasteiger charge is -2.44. The van der Waals surface area contributed by atoms with E-state index in [1.807, 2.05) is 0 Å². The molecule has 2 rings (SSSR count). The summed E-state index contributed by atoms with van der Waals surface area (Å²) in [7, 11) is -3.91. The van der Waals surface area contributed by atoms with Crippen molar-refractivity contribution >= 4 is 33.2 Å². The van der Waals surface area contributed by atoms with Gasteiger partial charge in [0.15, 0.2) is 5.82 Å². The van der Waals surface area contributed by atoms with Gasteiger partial charge in [-0.15, -0.1) is 0 Å². The average molecular weight is 328 g/mol. The molecule has 4 nitrogen and oxygen atoms in total. The third kappa shape index (κ3) is 2.48. The third-order valence-electron chi connectivity index (χ3n) is 3.22. The van der Waals surface area contributed by atoms with Crippen molar-refractivity contribution in [1.29, 1.82) is 0 Å². The second-order valence-corrected chi connectivity index (χ2v) is 7.22. The maximum Gasteiger partial charge on any atom is 0.244 e. The van der Waals surface area contributed by atoms with Crippen LogP contribution >= 0.6 is 23.2 Å². The van der Waals surface area contributed by atoms with E-state index in [0.717, 1.165) is 16.4 Å². The molecule has 106 valence electrons. The molecular formula is C11H12Cl2FNO3S. The van der Waals surface area contributed by atoms with Crippen LogP contribution in [0.25, 0.3) is 0 Å². The number of sulfonamides is 1. The normalized spacial score (nSPS) is 19.2. The summed E-state index contributed by atoms with van der Waals surface area (Å²) in [6, 6.07) is 2.30. The number of rotatable bonds is 3. The Labute approximate surface area is 120 Å².